The van der Waals surface area contributed by atoms with Crippen molar-refractivity contribution < 1.29 is 28.7 Å². The highest BCUT2D eigenvalue weighted by Crippen LogP contribution is 2.41. The summed E-state index contributed by atoms with van der Waals surface area (Å²) in [5.41, 5.74) is -1.09. The van der Waals surface area contributed by atoms with E-state index >= 15 is 0 Å². The van der Waals surface area contributed by atoms with Gasteiger partial charge in [-0.05, 0) is 68.7 Å². The summed E-state index contributed by atoms with van der Waals surface area (Å²) < 4.78 is 11.7. The molecule has 0 aromatic carbocycles. The van der Waals surface area contributed by atoms with Crippen LogP contribution in [0.4, 0.5) is 0 Å². The second-order valence-corrected chi connectivity index (χ2v) is 15.1. The van der Waals surface area contributed by atoms with Crippen molar-refractivity contribution in [3.63, 3.8) is 0 Å². The molecule has 0 atom stereocenters. The number of hydrogen-bond donors (Lipinski definition) is 0. The van der Waals surface area contributed by atoms with Crippen LogP contribution in [0.1, 0.15) is 159 Å². The quantitative estimate of drug-likeness (QED) is 0.124. The summed E-state index contributed by atoms with van der Waals surface area (Å²) in [5.74, 6) is -0.693. The van der Waals surface area contributed by atoms with Crippen molar-refractivity contribution in [3.05, 3.63) is 0 Å². The molecule has 2 aliphatic rings. The molecule has 2 saturated heterocycles. The summed E-state index contributed by atoms with van der Waals surface area (Å²) in [6.45, 7) is 22.6. The molecule has 0 aliphatic carbocycles. The Bertz CT molecular complexity index is 804. The van der Waals surface area contributed by atoms with E-state index in [2.05, 4.69) is 67.4 Å². The number of carbonyl (C=O) groups is 2. The summed E-state index contributed by atoms with van der Waals surface area (Å²) in [7, 11) is 0. The van der Waals surface area contributed by atoms with Crippen LogP contribution in [0.15, 0.2) is 0 Å². The van der Waals surface area contributed by atoms with Gasteiger partial charge in [-0.15, -0.1) is 0 Å². The second kappa shape index (κ2) is 16.2. The number of carbonyl (C=O) groups excluding carboxylic acids is 2. The van der Waals surface area contributed by atoms with Crippen LogP contribution in [0.2, 0.25) is 0 Å². The highest BCUT2D eigenvalue weighted by molar-refractivity contribution is 5.77. The molecule has 246 valence electrons. The number of hydrogen-bond acceptors (Lipinski definition) is 8. The van der Waals surface area contributed by atoms with E-state index in [1.807, 2.05) is 12.0 Å². The molecule has 0 saturated carbocycles. The summed E-state index contributed by atoms with van der Waals surface area (Å²) in [6.07, 6.45) is 12.5. The maximum atomic E-state index is 12.8. The molecule has 0 amide bonds. The van der Waals surface area contributed by atoms with Crippen molar-refractivity contribution in [2.45, 2.75) is 193 Å². The van der Waals surface area contributed by atoms with Crippen LogP contribution in [0.5, 0.6) is 0 Å². The number of rotatable bonds is 17. The number of piperidine rings is 2. The normalized spacial score (nSPS) is 22.6. The smallest absolute Gasteiger partial charge is 0.306 e. The summed E-state index contributed by atoms with van der Waals surface area (Å²) in [4.78, 5) is 37.8. The van der Waals surface area contributed by atoms with Gasteiger partial charge in [-0.3, -0.25) is 19.3 Å². The van der Waals surface area contributed by atoms with Crippen molar-refractivity contribution in [3.8, 4) is 0 Å². The lowest BCUT2D eigenvalue weighted by molar-refractivity contribution is -0.293. The van der Waals surface area contributed by atoms with Crippen LogP contribution in [0, 0.1) is 0 Å². The van der Waals surface area contributed by atoms with Crippen molar-refractivity contribution in [2.24, 2.45) is 0 Å². The van der Waals surface area contributed by atoms with Gasteiger partial charge < -0.3 is 9.47 Å². The van der Waals surface area contributed by atoms with E-state index in [0.717, 1.165) is 6.42 Å². The number of esters is 2. The molecule has 0 bridgehead atoms. The zero-order valence-electron chi connectivity index (χ0n) is 28.8. The lowest BCUT2D eigenvalue weighted by Crippen LogP contribution is -2.62. The topological polar surface area (TPSA) is 77.5 Å². The lowest BCUT2D eigenvalue weighted by atomic mass is 9.80. The minimum Gasteiger partial charge on any atom is -0.462 e. The van der Waals surface area contributed by atoms with Gasteiger partial charge in [-0.25, -0.2) is 0 Å². The Morgan fingerprint density at radius 1 is 0.571 bits per heavy atom. The van der Waals surface area contributed by atoms with Crippen LogP contribution in [-0.4, -0.2) is 69.6 Å². The number of nitrogens with zero attached hydrogens (tertiary/aromatic N) is 2. The van der Waals surface area contributed by atoms with E-state index in [4.69, 9.17) is 19.1 Å². The largest absolute Gasteiger partial charge is 0.462 e. The van der Waals surface area contributed by atoms with Crippen LogP contribution in [0.25, 0.3) is 0 Å². The molecule has 2 fully saturated rings. The molecule has 2 rings (SSSR count). The molecule has 8 nitrogen and oxygen atoms in total. The van der Waals surface area contributed by atoms with Crippen molar-refractivity contribution in [1.82, 2.24) is 10.1 Å². The standard InChI is InChI=1S/C34H64N2O6/c1-11-13-14-15-16-17-18-19-22-40-36-33(7,8)25-28(26-34(36,9)10)42-30(38)21-20-29(37)41-27-23-31(3,4)35(39-12-2)32(5,6)24-27/h27-28H,11-26H2,1-10H3. The maximum absolute atomic E-state index is 12.8. The molecule has 42 heavy (non-hydrogen) atoms. The first kappa shape index (κ1) is 37.0. The Labute approximate surface area is 257 Å². The first-order valence-electron chi connectivity index (χ1n) is 16.8. The zero-order chi connectivity index (χ0) is 31.6. The maximum Gasteiger partial charge on any atom is 0.306 e. The third kappa shape index (κ3) is 11.4. The third-order valence-corrected chi connectivity index (χ3v) is 8.71. The van der Waals surface area contributed by atoms with Gasteiger partial charge in [-0.2, -0.15) is 10.1 Å². The SMILES string of the molecule is CCCCCCCCCCON1C(C)(C)CC(OC(=O)CCC(=O)OC2CC(C)(C)N(OCC)C(C)(C)C2)CC1(C)C. The molecule has 0 spiro atoms. The van der Waals surface area contributed by atoms with E-state index < -0.39 is 0 Å². The Hall–Kier alpha value is -1.22. The van der Waals surface area contributed by atoms with Crippen LogP contribution >= 0.6 is 0 Å². The molecule has 0 aromatic rings. The average Bonchev–Trinajstić information content (AvgIpc) is 2.84. The van der Waals surface area contributed by atoms with Gasteiger partial charge in [-0.1, -0.05) is 51.9 Å². The van der Waals surface area contributed by atoms with Crippen molar-refractivity contribution >= 4 is 11.9 Å². The molecule has 8 heteroatoms. The molecule has 0 unspecified atom stereocenters. The monoisotopic (exact) mass is 596 g/mol. The first-order valence-corrected chi connectivity index (χ1v) is 16.8. The number of unbranched alkanes of at least 4 members (excludes halogenated alkanes) is 7. The van der Waals surface area contributed by atoms with Gasteiger partial charge in [0.1, 0.15) is 12.2 Å². The fourth-order valence-corrected chi connectivity index (χ4v) is 7.42. The Kier molecular flexibility index (Phi) is 14.3. The van der Waals surface area contributed by atoms with Gasteiger partial charge in [0.2, 0.25) is 0 Å². The highest BCUT2D eigenvalue weighted by atomic mass is 16.7. The van der Waals surface area contributed by atoms with E-state index in [0.29, 0.717) is 38.9 Å². The second-order valence-electron chi connectivity index (χ2n) is 15.1. The summed E-state index contributed by atoms with van der Waals surface area (Å²) >= 11 is 0. The third-order valence-electron chi connectivity index (χ3n) is 8.71. The van der Waals surface area contributed by atoms with Crippen LogP contribution in [0.3, 0.4) is 0 Å². The predicted octanol–water partition coefficient (Wildman–Crippen LogP) is 7.92. The van der Waals surface area contributed by atoms with Gasteiger partial charge in [0.05, 0.1) is 26.1 Å². The first-order chi connectivity index (χ1) is 19.5. The van der Waals surface area contributed by atoms with E-state index in [-0.39, 0.29) is 59.1 Å². The van der Waals surface area contributed by atoms with Crippen LogP contribution < -0.4 is 0 Å². The predicted molar refractivity (Wildman–Crippen MR) is 168 cm³/mol. The minimum atomic E-state index is -0.349. The zero-order valence-corrected chi connectivity index (χ0v) is 28.8. The summed E-state index contributed by atoms with van der Waals surface area (Å²) in [6, 6.07) is 0. The molecule has 0 N–H and O–H groups in total. The number of hydroxylamine groups is 4. The van der Waals surface area contributed by atoms with Gasteiger partial charge in [0.15, 0.2) is 0 Å². The molecular formula is C34H64N2O6. The minimum absolute atomic E-state index is 0.0265. The Morgan fingerprint density at radius 2 is 0.929 bits per heavy atom. The highest BCUT2D eigenvalue weighted by Gasteiger charge is 2.49. The molecule has 2 heterocycles. The molecular weight excluding hydrogens is 532 g/mol. The Morgan fingerprint density at radius 3 is 1.31 bits per heavy atom. The summed E-state index contributed by atoms with van der Waals surface area (Å²) in [5, 5.41) is 4.17. The van der Waals surface area contributed by atoms with E-state index in [1.54, 1.807) is 0 Å². The molecule has 0 aromatic heterocycles. The van der Waals surface area contributed by atoms with Crippen LogP contribution in [-0.2, 0) is 28.7 Å². The van der Waals surface area contributed by atoms with E-state index in [9.17, 15) is 9.59 Å². The fourth-order valence-electron chi connectivity index (χ4n) is 7.42. The van der Waals surface area contributed by atoms with Gasteiger partial charge >= 0.3 is 11.9 Å². The van der Waals surface area contributed by atoms with Gasteiger partial charge in [0, 0.05) is 47.8 Å². The van der Waals surface area contributed by atoms with Gasteiger partial charge in [0.25, 0.3) is 0 Å². The number of ether oxygens (including phenoxy) is 2. The van der Waals surface area contributed by atoms with Crippen molar-refractivity contribution in [1.29, 1.82) is 0 Å². The van der Waals surface area contributed by atoms with E-state index in [1.165, 1.54) is 44.9 Å². The Balaban J connectivity index is 1.76. The fraction of sp³-hybridized carbons (Fsp3) is 0.941. The average molecular weight is 597 g/mol. The lowest BCUT2D eigenvalue weighted by Gasteiger charge is -2.53. The molecule has 2 aliphatic heterocycles. The van der Waals surface area contributed by atoms with Crippen molar-refractivity contribution in [2.75, 3.05) is 13.2 Å². The molecule has 0 radical (unpaired) electrons.